The molecule has 0 saturated carbocycles. The Hall–Kier alpha value is -4.33. The summed E-state index contributed by atoms with van der Waals surface area (Å²) in [7, 11) is 0. The first-order chi connectivity index (χ1) is 14.4. The Morgan fingerprint density at radius 2 is 1.80 bits per heavy atom. The summed E-state index contributed by atoms with van der Waals surface area (Å²) in [5.41, 5.74) is -0.0517. The van der Waals surface area contributed by atoms with Gasteiger partial charge in [-0.15, -0.1) is 0 Å². The monoisotopic (exact) mass is 400 g/mol. The molecule has 0 saturated heterocycles. The molecule has 0 radical (unpaired) electrons. The minimum atomic E-state index is -0.804. The van der Waals surface area contributed by atoms with Gasteiger partial charge >= 0.3 is 5.69 Å². The lowest BCUT2D eigenvalue weighted by Crippen LogP contribution is -2.30. The van der Waals surface area contributed by atoms with Crippen LogP contribution in [0.1, 0.15) is 22.8 Å². The van der Waals surface area contributed by atoms with Gasteiger partial charge in [0.1, 0.15) is 5.56 Å². The molecule has 148 valence electrons. The summed E-state index contributed by atoms with van der Waals surface area (Å²) >= 11 is 0. The third kappa shape index (κ3) is 3.79. The second kappa shape index (κ2) is 7.59. The van der Waals surface area contributed by atoms with Gasteiger partial charge in [0.2, 0.25) is 5.88 Å². The van der Waals surface area contributed by atoms with Crippen molar-refractivity contribution in [1.29, 1.82) is 0 Å². The number of para-hydroxylation sites is 1. The van der Waals surface area contributed by atoms with Gasteiger partial charge in [0, 0.05) is 16.4 Å². The number of nitrogens with one attached hydrogen (secondary N) is 2. The Labute approximate surface area is 169 Å². The van der Waals surface area contributed by atoms with E-state index in [9.17, 15) is 19.5 Å². The molecule has 3 N–H and O–H groups in total. The second-order valence-electron chi connectivity index (χ2n) is 6.62. The van der Waals surface area contributed by atoms with E-state index in [2.05, 4.69) is 20.0 Å². The Kier molecular flexibility index (Phi) is 4.81. The molecule has 2 heterocycles. The predicted molar refractivity (Wildman–Crippen MR) is 113 cm³/mol. The van der Waals surface area contributed by atoms with E-state index in [4.69, 9.17) is 0 Å². The summed E-state index contributed by atoms with van der Waals surface area (Å²) in [6.45, 7) is 1.48. The molecule has 3 aromatic rings. The van der Waals surface area contributed by atoms with E-state index in [-0.39, 0.29) is 11.3 Å². The highest BCUT2D eigenvalue weighted by Crippen LogP contribution is 2.19. The minimum absolute atomic E-state index is 0.0489. The molecule has 1 aliphatic heterocycles. The largest absolute Gasteiger partial charge is 0.494 e. The number of fused-ring (bicyclic) bond motifs is 1. The van der Waals surface area contributed by atoms with Crippen LogP contribution in [-0.4, -0.2) is 26.7 Å². The van der Waals surface area contributed by atoms with Gasteiger partial charge in [0.05, 0.1) is 11.0 Å². The van der Waals surface area contributed by atoms with Crippen LogP contribution in [0.15, 0.2) is 73.7 Å². The quantitative estimate of drug-likeness (QED) is 0.571. The number of benzene rings is 2. The fourth-order valence-corrected chi connectivity index (χ4v) is 2.98. The number of aromatic amines is 2. The zero-order valence-electron chi connectivity index (χ0n) is 15.8. The number of rotatable bonds is 3. The summed E-state index contributed by atoms with van der Waals surface area (Å²) in [4.78, 5) is 48.3. The highest BCUT2D eigenvalue weighted by molar-refractivity contribution is 6.11. The van der Waals surface area contributed by atoms with E-state index in [0.717, 1.165) is 5.22 Å². The van der Waals surface area contributed by atoms with Crippen molar-refractivity contribution in [2.24, 2.45) is 9.98 Å². The fourth-order valence-electron chi connectivity index (χ4n) is 2.98. The molecule has 0 atom stereocenters. The molecule has 0 spiro atoms. The average Bonchev–Trinajstić information content (AvgIpc) is 2.71. The molecule has 0 bridgehead atoms. The van der Waals surface area contributed by atoms with Crippen LogP contribution in [0.25, 0.3) is 12.2 Å². The van der Waals surface area contributed by atoms with Crippen LogP contribution in [0.5, 0.6) is 5.88 Å². The summed E-state index contributed by atoms with van der Waals surface area (Å²) in [6.07, 6.45) is 3.20. The molecule has 2 aromatic carbocycles. The van der Waals surface area contributed by atoms with Gasteiger partial charge in [-0.25, -0.2) is 14.8 Å². The molecule has 1 aromatic heterocycles. The van der Waals surface area contributed by atoms with E-state index in [1.165, 1.54) is 13.0 Å². The second-order valence-corrected chi connectivity index (χ2v) is 6.62. The maximum atomic E-state index is 12.1. The van der Waals surface area contributed by atoms with Gasteiger partial charge in [0.15, 0.2) is 11.6 Å². The van der Waals surface area contributed by atoms with Crippen LogP contribution < -0.4 is 21.8 Å². The van der Waals surface area contributed by atoms with E-state index >= 15 is 0 Å². The standard InChI is InChI=1S/C22H16N4O4/c1-12(27)13-6-8-16(9-7-13)23-19-15(10-14-4-2-3-5-18(14)24-19)11-17-20(28)25-22(30)26-21(17)29/h2-11H,1H3,(H3,25,26,28,29,30)/b15-11+,23-19?. The van der Waals surface area contributed by atoms with E-state index < -0.39 is 17.1 Å². The fraction of sp³-hybridized carbons (Fsp3) is 0.0455. The van der Waals surface area contributed by atoms with Crippen LogP contribution in [0.2, 0.25) is 0 Å². The highest BCUT2D eigenvalue weighted by atomic mass is 16.3. The first kappa shape index (κ1) is 19.0. The molecule has 0 fully saturated rings. The van der Waals surface area contributed by atoms with Crippen LogP contribution in [-0.2, 0) is 0 Å². The molecule has 4 rings (SSSR count). The SMILES string of the molecule is CC(=O)c1ccc(N=C2N=c3ccccc3=C/C2=C\c2c(O)[nH]c(=O)[nH]c2=O)cc1. The van der Waals surface area contributed by atoms with Crippen molar-refractivity contribution in [1.82, 2.24) is 9.97 Å². The van der Waals surface area contributed by atoms with Crippen molar-refractivity contribution in [2.75, 3.05) is 0 Å². The van der Waals surface area contributed by atoms with E-state index in [0.29, 0.717) is 28.0 Å². The van der Waals surface area contributed by atoms with Crippen molar-refractivity contribution in [3.63, 3.8) is 0 Å². The molecule has 0 unspecified atom stereocenters. The summed E-state index contributed by atoms with van der Waals surface area (Å²) < 4.78 is 0. The number of ketones is 1. The van der Waals surface area contributed by atoms with Gasteiger partial charge < -0.3 is 5.11 Å². The Bertz CT molecular complexity index is 1460. The molecule has 0 aliphatic carbocycles. The van der Waals surface area contributed by atoms with Crippen molar-refractivity contribution in [3.05, 3.63) is 96.6 Å². The lowest BCUT2D eigenvalue weighted by atomic mass is 10.1. The van der Waals surface area contributed by atoms with E-state index in [1.807, 2.05) is 24.3 Å². The van der Waals surface area contributed by atoms with Crippen molar-refractivity contribution in [2.45, 2.75) is 6.92 Å². The molecular formula is C22H16N4O4. The number of amidine groups is 1. The number of Topliss-reactive ketones (excluding diaryl/α,β-unsaturated/α-hetero) is 1. The number of nitrogens with zero attached hydrogens (tertiary/aromatic N) is 2. The Morgan fingerprint density at radius 1 is 1.07 bits per heavy atom. The summed E-state index contributed by atoms with van der Waals surface area (Å²) in [6, 6.07) is 14.1. The maximum absolute atomic E-state index is 12.1. The lowest BCUT2D eigenvalue weighted by molar-refractivity contribution is 0.101. The topological polar surface area (TPSA) is 128 Å². The number of H-pyrrole nitrogens is 2. The number of aromatic hydroxyl groups is 1. The minimum Gasteiger partial charge on any atom is -0.494 e. The molecule has 1 aliphatic rings. The number of aromatic nitrogens is 2. The molecule has 8 nitrogen and oxygen atoms in total. The van der Waals surface area contributed by atoms with Crippen LogP contribution in [0.3, 0.4) is 0 Å². The van der Waals surface area contributed by atoms with Crippen molar-refractivity contribution < 1.29 is 9.90 Å². The lowest BCUT2D eigenvalue weighted by Gasteiger charge is -2.09. The van der Waals surface area contributed by atoms with Crippen molar-refractivity contribution >= 4 is 29.5 Å². The first-order valence-corrected chi connectivity index (χ1v) is 9.03. The number of hydrogen-bond acceptors (Lipinski definition) is 5. The Morgan fingerprint density at radius 3 is 2.50 bits per heavy atom. The van der Waals surface area contributed by atoms with Gasteiger partial charge in [-0.1, -0.05) is 18.2 Å². The maximum Gasteiger partial charge on any atom is 0.328 e. The third-order valence-electron chi connectivity index (χ3n) is 4.50. The number of carbonyl (C=O) groups is 1. The Balaban J connectivity index is 1.90. The summed E-state index contributed by atoms with van der Waals surface area (Å²) in [5, 5.41) is 11.5. The average molecular weight is 400 g/mol. The molecule has 30 heavy (non-hydrogen) atoms. The number of aliphatic imine (C=N–C) groups is 1. The first-order valence-electron chi connectivity index (χ1n) is 9.03. The van der Waals surface area contributed by atoms with Gasteiger partial charge in [-0.05, 0) is 49.4 Å². The van der Waals surface area contributed by atoms with Crippen LogP contribution in [0, 0.1) is 0 Å². The van der Waals surface area contributed by atoms with E-state index in [1.54, 1.807) is 30.3 Å². The normalized spacial score (nSPS) is 15.4. The molecular weight excluding hydrogens is 384 g/mol. The summed E-state index contributed by atoms with van der Waals surface area (Å²) in [5.74, 6) is -0.282. The van der Waals surface area contributed by atoms with Crippen LogP contribution >= 0.6 is 0 Å². The molecule has 0 amide bonds. The van der Waals surface area contributed by atoms with Crippen molar-refractivity contribution in [3.8, 4) is 5.88 Å². The zero-order valence-corrected chi connectivity index (χ0v) is 15.8. The third-order valence-corrected chi connectivity index (χ3v) is 4.50. The van der Waals surface area contributed by atoms with Gasteiger partial charge in [-0.3, -0.25) is 19.6 Å². The zero-order chi connectivity index (χ0) is 21.3. The smallest absolute Gasteiger partial charge is 0.328 e. The molecule has 8 heteroatoms. The van der Waals surface area contributed by atoms with Crippen LogP contribution in [0.4, 0.5) is 5.69 Å². The van der Waals surface area contributed by atoms with Gasteiger partial charge in [-0.2, -0.15) is 0 Å². The number of carbonyl (C=O) groups excluding carboxylic acids is 1. The number of hydrogen-bond donors (Lipinski definition) is 3. The highest BCUT2D eigenvalue weighted by Gasteiger charge is 2.13. The predicted octanol–water partition coefficient (Wildman–Crippen LogP) is 1.20. The van der Waals surface area contributed by atoms with Gasteiger partial charge in [0.25, 0.3) is 5.56 Å².